The minimum Gasteiger partial charge on any atom is -0.323 e. The highest BCUT2D eigenvalue weighted by molar-refractivity contribution is 7.16. The third kappa shape index (κ3) is 2.68. The van der Waals surface area contributed by atoms with Gasteiger partial charge in [0.15, 0.2) is 0 Å². The molecule has 0 atom stereocenters. The fraction of sp³-hybridized carbons (Fsp3) is 0.214. The van der Waals surface area contributed by atoms with Crippen molar-refractivity contribution in [1.82, 2.24) is 9.55 Å². The van der Waals surface area contributed by atoms with Gasteiger partial charge in [0.1, 0.15) is 11.6 Å². The second-order valence-electron chi connectivity index (χ2n) is 4.39. The first-order valence-corrected chi connectivity index (χ1v) is 7.85. The third-order valence-corrected chi connectivity index (χ3v) is 4.46. The number of rotatable bonds is 4. The van der Waals surface area contributed by atoms with Gasteiger partial charge in [0, 0.05) is 17.2 Å². The van der Waals surface area contributed by atoms with E-state index in [2.05, 4.69) is 4.98 Å². The molecule has 0 saturated carbocycles. The van der Waals surface area contributed by atoms with Gasteiger partial charge in [0.2, 0.25) is 0 Å². The van der Waals surface area contributed by atoms with Gasteiger partial charge < -0.3 is 4.57 Å². The summed E-state index contributed by atoms with van der Waals surface area (Å²) in [6.45, 7) is 0.629. The lowest BCUT2D eigenvalue weighted by Gasteiger charge is -2.07. The van der Waals surface area contributed by atoms with Gasteiger partial charge in [-0.3, -0.25) is 0 Å². The lowest BCUT2D eigenvalue weighted by atomic mass is 10.3. The fourth-order valence-electron chi connectivity index (χ4n) is 2.19. The molecule has 0 radical (unpaired) electrons. The molecule has 0 N–H and O–H groups in total. The molecule has 3 rings (SSSR count). The molecule has 104 valence electrons. The zero-order chi connectivity index (χ0) is 14.1. The average molecular weight is 329 g/mol. The Balaban J connectivity index is 2.09. The Labute approximate surface area is 129 Å². The molecule has 0 unspecified atom stereocenters. The van der Waals surface area contributed by atoms with Crippen molar-refractivity contribution in [2.75, 3.05) is 5.88 Å². The van der Waals surface area contributed by atoms with E-state index in [0.29, 0.717) is 18.8 Å². The van der Waals surface area contributed by atoms with Crippen LogP contribution in [0.3, 0.4) is 0 Å². The maximum Gasteiger partial charge on any atom is 0.125 e. The summed E-state index contributed by atoms with van der Waals surface area (Å²) in [5.74, 6) is 1.09. The quantitative estimate of drug-likeness (QED) is 0.633. The molecular formula is C14H11Cl2FN2S. The summed E-state index contributed by atoms with van der Waals surface area (Å²) >= 11 is 13.3. The summed E-state index contributed by atoms with van der Waals surface area (Å²) in [5, 5.41) is 0. The minimum atomic E-state index is -0.264. The molecule has 2 aromatic heterocycles. The number of hydrogen-bond donors (Lipinski definition) is 0. The lowest BCUT2D eigenvalue weighted by Crippen LogP contribution is -2.05. The maximum absolute atomic E-state index is 13.5. The van der Waals surface area contributed by atoms with Crippen molar-refractivity contribution in [3.05, 3.63) is 51.2 Å². The number of aromatic nitrogens is 2. The van der Waals surface area contributed by atoms with Crippen LogP contribution in [-0.4, -0.2) is 15.4 Å². The summed E-state index contributed by atoms with van der Waals surface area (Å²) in [6.07, 6.45) is 0.650. The number of alkyl halides is 1. The first kappa shape index (κ1) is 13.9. The summed E-state index contributed by atoms with van der Waals surface area (Å²) < 4.78 is 16.2. The van der Waals surface area contributed by atoms with Gasteiger partial charge in [-0.15, -0.1) is 22.9 Å². The van der Waals surface area contributed by atoms with Crippen molar-refractivity contribution in [2.24, 2.45) is 0 Å². The number of benzene rings is 1. The fourth-order valence-corrected chi connectivity index (χ4v) is 3.44. The van der Waals surface area contributed by atoms with E-state index in [1.54, 1.807) is 6.07 Å². The predicted molar refractivity (Wildman–Crippen MR) is 82.5 cm³/mol. The van der Waals surface area contributed by atoms with E-state index in [9.17, 15) is 4.39 Å². The second kappa shape index (κ2) is 5.72. The van der Waals surface area contributed by atoms with Crippen LogP contribution in [-0.2, 0) is 13.0 Å². The van der Waals surface area contributed by atoms with Gasteiger partial charge in [0.05, 0.1) is 21.9 Å². The molecule has 0 aliphatic heterocycles. The number of fused-ring (bicyclic) bond motifs is 1. The molecule has 1 aromatic carbocycles. The number of hydrogen-bond acceptors (Lipinski definition) is 2. The van der Waals surface area contributed by atoms with E-state index in [1.165, 1.54) is 23.5 Å². The Morgan fingerprint density at radius 2 is 2.10 bits per heavy atom. The Morgan fingerprint density at radius 3 is 2.80 bits per heavy atom. The molecule has 0 spiro atoms. The van der Waals surface area contributed by atoms with Gasteiger partial charge in [0.25, 0.3) is 0 Å². The SMILES string of the molecule is Fc1ccc2nc(CCCl)n(Cc3ccc(Cl)s3)c2c1. The van der Waals surface area contributed by atoms with E-state index in [-0.39, 0.29) is 5.82 Å². The average Bonchev–Trinajstić information content (AvgIpc) is 2.96. The number of imidazole rings is 1. The molecule has 0 fully saturated rings. The Kier molecular flexibility index (Phi) is 3.96. The molecule has 2 heterocycles. The van der Waals surface area contributed by atoms with Crippen molar-refractivity contribution < 1.29 is 4.39 Å². The van der Waals surface area contributed by atoms with E-state index in [4.69, 9.17) is 23.2 Å². The van der Waals surface area contributed by atoms with Crippen LogP contribution in [0.2, 0.25) is 4.34 Å². The largest absolute Gasteiger partial charge is 0.323 e. The van der Waals surface area contributed by atoms with Gasteiger partial charge in [-0.25, -0.2) is 9.37 Å². The van der Waals surface area contributed by atoms with Crippen LogP contribution >= 0.6 is 34.5 Å². The smallest absolute Gasteiger partial charge is 0.125 e. The van der Waals surface area contributed by atoms with E-state index in [1.807, 2.05) is 16.7 Å². The molecule has 6 heteroatoms. The lowest BCUT2D eigenvalue weighted by molar-refractivity contribution is 0.628. The normalized spacial score (nSPS) is 11.3. The molecule has 20 heavy (non-hydrogen) atoms. The minimum absolute atomic E-state index is 0.264. The first-order chi connectivity index (χ1) is 9.67. The standard InChI is InChI=1S/C14H11Cl2FN2S/c15-6-5-14-18-11-3-1-9(17)7-12(11)19(14)8-10-2-4-13(16)20-10/h1-4,7H,5-6,8H2. The van der Waals surface area contributed by atoms with Gasteiger partial charge in [-0.2, -0.15) is 0 Å². The highest BCUT2D eigenvalue weighted by Gasteiger charge is 2.12. The highest BCUT2D eigenvalue weighted by Crippen LogP contribution is 2.25. The summed E-state index contributed by atoms with van der Waals surface area (Å²) in [4.78, 5) is 5.64. The highest BCUT2D eigenvalue weighted by atomic mass is 35.5. The zero-order valence-corrected chi connectivity index (χ0v) is 12.8. The van der Waals surface area contributed by atoms with Crippen molar-refractivity contribution in [2.45, 2.75) is 13.0 Å². The number of halogens is 3. The van der Waals surface area contributed by atoms with Gasteiger partial charge in [-0.1, -0.05) is 11.6 Å². The summed E-state index contributed by atoms with van der Waals surface area (Å²) in [5.41, 5.74) is 1.57. The van der Waals surface area contributed by atoms with Crippen LogP contribution in [0.4, 0.5) is 4.39 Å². The zero-order valence-electron chi connectivity index (χ0n) is 10.4. The van der Waals surface area contributed by atoms with E-state index < -0.39 is 0 Å². The monoisotopic (exact) mass is 328 g/mol. The van der Waals surface area contributed by atoms with Crippen LogP contribution in [0.1, 0.15) is 10.7 Å². The van der Waals surface area contributed by atoms with E-state index >= 15 is 0 Å². The summed E-state index contributed by atoms with van der Waals surface area (Å²) in [6, 6.07) is 8.47. The molecule has 0 bridgehead atoms. The molecular weight excluding hydrogens is 318 g/mol. The Bertz CT molecular complexity index is 751. The van der Waals surface area contributed by atoms with Crippen molar-refractivity contribution in [3.8, 4) is 0 Å². The molecule has 2 nitrogen and oxygen atoms in total. The Morgan fingerprint density at radius 1 is 1.25 bits per heavy atom. The predicted octanol–water partition coefficient (Wildman–Crippen LogP) is 4.72. The van der Waals surface area contributed by atoms with E-state index in [0.717, 1.165) is 26.1 Å². The van der Waals surface area contributed by atoms with Crippen LogP contribution in [0.15, 0.2) is 30.3 Å². The number of nitrogens with zero attached hydrogens (tertiary/aromatic N) is 2. The van der Waals surface area contributed by atoms with Crippen LogP contribution in [0.25, 0.3) is 11.0 Å². The molecule has 0 aliphatic carbocycles. The first-order valence-electron chi connectivity index (χ1n) is 6.12. The van der Waals surface area contributed by atoms with Crippen molar-refractivity contribution in [3.63, 3.8) is 0 Å². The van der Waals surface area contributed by atoms with Gasteiger partial charge in [-0.05, 0) is 30.3 Å². The van der Waals surface area contributed by atoms with Crippen molar-refractivity contribution >= 4 is 45.6 Å². The Hall–Kier alpha value is -1.10. The number of aryl methyl sites for hydroxylation is 1. The topological polar surface area (TPSA) is 17.8 Å². The number of thiophene rings is 1. The molecule has 0 aliphatic rings. The molecule has 3 aromatic rings. The molecule has 0 saturated heterocycles. The van der Waals surface area contributed by atoms with Crippen LogP contribution in [0.5, 0.6) is 0 Å². The second-order valence-corrected chi connectivity index (χ2v) is 6.57. The third-order valence-electron chi connectivity index (χ3n) is 3.05. The molecule has 0 amide bonds. The van der Waals surface area contributed by atoms with Gasteiger partial charge >= 0.3 is 0 Å². The summed E-state index contributed by atoms with van der Waals surface area (Å²) in [7, 11) is 0. The van der Waals surface area contributed by atoms with Crippen LogP contribution in [0, 0.1) is 5.82 Å². The maximum atomic E-state index is 13.5. The van der Waals surface area contributed by atoms with Crippen LogP contribution < -0.4 is 0 Å². The van der Waals surface area contributed by atoms with Crippen molar-refractivity contribution in [1.29, 1.82) is 0 Å².